The molecule has 90 valence electrons. The van der Waals surface area contributed by atoms with Gasteiger partial charge in [-0.3, -0.25) is 0 Å². The Balaban J connectivity index is 2.24. The van der Waals surface area contributed by atoms with Gasteiger partial charge in [-0.05, 0) is 31.2 Å². The van der Waals surface area contributed by atoms with Gasteiger partial charge < -0.3 is 5.73 Å². The molecule has 0 unspecified atom stereocenters. The molecule has 0 bridgehead atoms. The Labute approximate surface area is 114 Å². The molecule has 0 aliphatic carbocycles. The fraction of sp³-hybridized carbons (Fsp3) is 0.250. The van der Waals surface area contributed by atoms with Crippen LogP contribution in [-0.2, 0) is 6.42 Å². The van der Waals surface area contributed by atoms with Gasteiger partial charge in [0.15, 0.2) is 0 Å². The SMILES string of the molecule is NCCCc1nc(-c2ccc(Cl)cc2Cl)cs1. The van der Waals surface area contributed by atoms with Crippen LogP contribution in [-0.4, -0.2) is 11.5 Å². The van der Waals surface area contributed by atoms with Crippen molar-refractivity contribution in [1.82, 2.24) is 4.98 Å². The Bertz CT molecular complexity index is 511. The van der Waals surface area contributed by atoms with E-state index in [9.17, 15) is 0 Å². The number of thiazole rings is 1. The molecule has 0 fully saturated rings. The van der Waals surface area contributed by atoms with Crippen molar-refractivity contribution in [2.24, 2.45) is 5.73 Å². The average molecular weight is 287 g/mol. The van der Waals surface area contributed by atoms with Crippen molar-refractivity contribution in [1.29, 1.82) is 0 Å². The molecule has 0 aliphatic rings. The third-order valence-electron chi connectivity index (χ3n) is 2.35. The number of halogens is 2. The lowest BCUT2D eigenvalue weighted by Crippen LogP contribution is -1.99. The summed E-state index contributed by atoms with van der Waals surface area (Å²) in [5.74, 6) is 0. The number of aryl methyl sites for hydroxylation is 1. The summed E-state index contributed by atoms with van der Waals surface area (Å²) in [4.78, 5) is 4.54. The van der Waals surface area contributed by atoms with E-state index < -0.39 is 0 Å². The summed E-state index contributed by atoms with van der Waals surface area (Å²) in [6.07, 6.45) is 1.88. The second kappa shape index (κ2) is 5.83. The fourth-order valence-electron chi connectivity index (χ4n) is 1.50. The van der Waals surface area contributed by atoms with E-state index in [0.717, 1.165) is 29.1 Å². The molecule has 1 heterocycles. The van der Waals surface area contributed by atoms with Crippen LogP contribution in [0.3, 0.4) is 0 Å². The molecule has 2 N–H and O–H groups in total. The van der Waals surface area contributed by atoms with Gasteiger partial charge >= 0.3 is 0 Å². The molecule has 5 heteroatoms. The number of hydrogen-bond acceptors (Lipinski definition) is 3. The number of rotatable bonds is 4. The molecule has 2 aromatic rings. The van der Waals surface area contributed by atoms with Crippen molar-refractivity contribution in [3.05, 3.63) is 38.6 Å². The van der Waals surface area contributed by atoms with E-state index in [4.69, 9.17) is 28.9 Å². The van der Waals surface area contributed by atoms with Crippen LogP contribution in [0, 0.1) is 0 Å². The standard InChI is InChI=1S/C12H12Cl2N2S/c13-8-3-4-9(10(14)6-8)11-7-17-12(16-11)2-1-5-15/h3-4,6-7H,1-2,5,15H2. The van der Waals surface area contributed by atoms with Gasteiger partial charge in [-0.2, -0.15) is 0 Å². The van der Waals surface area contributed by atoms with Crippen molar-refractivity contribution in [2.45, 2.75) is 12.8 Å². The second-order valence-electron chi connectivity index (χ2n) is 3.64. The van der Waals surface area contributed by atoms with Crippen molar-refractivity contribution < 1.29 is 0 Å². The summed E-state index contributed by atoms with van der Waals surface area (Å²) in [7, 11) is 0. The summed E-state index contributed by atoms with van der Waals surface area (Å²) >= 11 is 13.6. The van der Waals surface area contributed by atoms with Crippen LogP contribution in [0.5, 0.6) is 0 Å². The van der Waals surface area contributed by atoms with Crippen LogP contribution in [0.1, 0.15) is 11.4 Å². The molecule has 17 heavy (non-hydrogen) atoms. The highest BCUT2D eigenvalue weighted by molar-refractivity contribution is 7.09. The van der Waals surface area contributed by atoms with E-state index in [-0.39, 0.29) is 0 Å². The zero-order chi connectivity index (χ0) is 12.3. The molecule has 0 spiro atoms. The van der Waals surface area contributed by atoms with Crippen molar-refractivity contribution >= 4 is 34.5 Å². The Kier molecular flexibility index (Phi) is 4.40. The van der Waals surface area contributed by atoms with Gasteiger partial charge in [-0.1, -0.05) is 23.2 Å². The molecule has 1 aromatic carbocycles. The topological polar surface area (TPSA) is 38.9 Å². The lowest BCUT2D eigenvalue weighted by Gasteiger charge is -2.00. The fourth-order valence-corrected chi connectivity index (χ4v) is 2.85. The summed E-state index contributed by atoms with van der Waals surface area (Å²) in [6.45, 7) is 0.691. The first-order valence-corrected chi connectivity index (χ1v) is 6.94. The Morgan fingerprint density at radius 1 is 1.29 bits per heavy atom. The maximum Gasteiger partial charge on any atom is 0.0933 e. The minimum Gasteiger partial charge on any atom is -0.330 e. The maximum atomic E-state index is 6.14. The summed E-state index contributed by atoms with van der Waals surface area (Å²) < 4.78 is 0. The highest BCUT2D eigenvalue weighted by Gasteiger charge is 2.08. The summed E-state index contributed by atoms with van der Waals surface area (Å²) in [5, 5.41) is 4.38. The van der Waals surface area contributed by atoms with E-state index >= 15 is 0 Å². The predicted molar refractivity (Wildman–Crippen MR) is 74.9 cm³/mol. The van der Waals surface area contributed by atoms with Gasteiger partial charge in [0.2, 0.25) is 0 Å². The first-order valence-electron chi connectivity index (χ1n) is 5.30. The van der Waals surface area contributed by atoms with Crippen LogP contribution in [0.4, 0.5) is 0 Å². The normalized spacial score (nSPS) is 10.8. The monoisotopic (exact) mass is 286 g/mol. The van der Waals surface area contributed by atoms with E-state index in [2.05, 4.69) is 4.98 Å². The van der Waals surface area contributed by atoms with Crippen molar-refractivity contribution in [2.75, 3.05) is 6.54 Å². The number of hydrogen-bond donors (Lipinski definition) is 1. The summed E-state index contributed by atoms with van der Waals surface area (Å²) in [6, 6.07) is 5.45. The van der Waals surface area contributed by atoms with Gasteiger partial charge in [-0.25, -0.2) is 4.98 Å². The minimum atomic E-state index is 0.633. The molecule has 0 saturated carbocycles. The molecule has 2 nitrogen and oxygen atoms in total. The molecular formula is C12H12Cl2N2S. The highest BCUT2D eigenvalue weighted by Crippen LogP contribution is 2.31. The van der Waals surface area contributed by atoms with Crippen LogP contribution < -0.4 is 5.73 Å². The Morgan fingerprint density at radius 3 is 2.82 bits per heavy atom. The third-order valence-corrected chi connectivity index (χ3v) is 3.81. The minimum absolute atomic E-state index is 0.633. The zero-order valence-electron chi connectivity index (χ0n) is 9.12. The van der Waals surface area contributed by atoms with Crippen LogP contribution in [0.2, 0.25) is 10.0 Å². The smallest absolute Gasteiger partial charge is 0.0933 e. The Hall–Kier alpha value is -0.610. The predicted octanol–water partition coefficient (Wildman–Crippen LogP) is 4.01. The molecule has 0 saturated heterocycles. The molecule has 2 rings (SSSR count). The van der Waals surface area contributed by atoms with E-state index in [1.807, 2.05) is 17.5 Å². The number of nitrogens with two attached hydrogens (primary N) is 1. The van der Waals surface area contributed by atoms with Crippen LogP contribution in [0.25, 0.3) is 11.3 Å². The Morgan fingerprint density at radius 2 is 2.12 bits per heavy atom. The van der Waals surface area contributed by atoms with Crippen molar-refractivity contribution in [3.8, 4) is 11.3 Å². The molecule has 0 atom stereocenters. The lowest BCUT2D eigenvalue weighted by atomic mass is 10.2. The molecule has 1 aromatic heterocycles. The van der Waals surface area contributed by atoms with E-state index in [1.165, 1.54) is 0 Å². The quantitative estimate of drug-likeness (QED) is 0.922. The van der Waals surface area contributed by atoms with E-state index in [0.29, 0.717) is 16.6 Å². The summed E-state index contributed by atoms with van der Waals surface area (Å²) in [5.41, 5.74) is 7.30. The van der Waals surface area contributed by atoms with Gasteiger partial charge in [0.05, 0.1) is 15.7 Å². The zero-order valence-corrected chi connectivity index (χ0v) is 11.4. The second-order valence-corrected chi connectivity index (χ2v) is 5.43. The molecular weight excluding hydrogens is 275 g/mol. The largest absolute Gasteiger partial charge is 0.330 e. The third kappa shape index (κ3) is 3.19. The van der Waals surface area contributed by atoms with Crippen molar-refractivity contribution in [3.63, 3.8) is 0 Å². The average Bonchev–Trinajstić information content (AvgIpc) is 2.75. The van der Waals surface area contributed by atoms with Gasteiger partial charge in [0.1, 0.15) is 0 Å². The van der Waals surface area contributed by atoms with Crippen LogP contribution >= 0.6 is 34.5 Å². The lowest BCUT2D eigenvalue weighted by molar-refractivity contribution is 0.827. The maximum absolute atomic E-state index is 6.14. The first-order chi connectivity index (χ1) is 8.20. The molecule has 0 amide bonds. The van der Waals surface area contributed by atoms with Gasteiger partial charge in [0, 0.05) is 22.4 Å². The van der Waals surface area contributed by atoms with Gasteiger partial charge in [-0.15, -0.1) is 11.3 Å². The number of benzene rings is 1. The van der Waals surface area contributed by atoms with Crippen LogP contribution in [0.15, 0.2) is 23.6 Å². The molecule has 0 radical (unpaired) electrons. The van der Waals surface area contributed by atoms with Gasteiger partial charge in [0.25, 0.3) is 0 Å². The number of nitrogens with zero attached hydrogens (tertiary/aromatic N) is 1. The molecule has 0 aliphatic heterocycles. The highest BCUT2D eigenvalue weighted by atomic mass is 35.5. The number of aromatic nitrogens is 1. The first kappa shape index (κ1) is 12.8. The van der Waals surface area contributed by atoms with E-state index in [1.54, 1.807) is 17.4 Å².